The summed E-state index contributed by atoms with van der Waals surface area (Å²) in [5.41, 5.74) is 1.52. The summed E-state index contributed by atoms with van der Waals surface area (Å²) in [4.78, 5) is 53.1. The molecule has 5 atom stereocenters. The lowest BCUT2D eigenvalue weighted by molar-refractivity contribution is -0.213. The molecule has 0 aromatic heterocycles. The molecule has 4 rings (SSSR count). The Hall–Kier alpha value is -4.25. The van der Waals surface area contributed by atoms with Gasteiger partial charge in [0.05, 0.1) is 12.1 Å². The first-order valence-corrected chi connectivity index (χ1v) is 16.9. The first-order chi connectivity index (χ1) is 23.3. The van der Waals surface area contributed by atoms with Crippen molar-refractivity contribution in [2.45, 2.75) is 96.2 Å². The number of halogens is 3. The van der Waals surface area contributed by atoms with Crippen molar-refractivity contribution < 1.29 is 42.2 Å². The Labute approximate surface area is 284 Å². The first kappa shape index (κ1) is 37.6. The Kier molecular flexibility index (Phi) is 13.4. The van der Waals surface area contributed by atoms with Crippen LogP contribution in [0.3, 0.4) is 0 Å². The maximum Gasteiger partial charge on any atom is 0.416 e. The van der Waals surface area contributed by atoms with Crippen LogP contribution >= 0.6 is 0 Å². The number of aliphatic hydroxyl groups excluding tert-OH is 1. The molecule has 8 nitrogen and oxygen atoms in total. The van der Waals surface area contributed by atoms with Crippen LogP contribution in [0.4, 0.5) is 18.0 Å². The Morgan fingerprint density at radius 1 is 0.939 bits per heavy atom. The normalized spacial score (nSPS) is 17.6. The summed E-state index contributed by atoms with van der Waals surface area (Å²) in [6, 6.07) is 19.3. The molecule has 3 aromatic rings. The summed E-state index contributed by atoms with van der Waals surface area (Å²) in [6.45, 7) is 3.60. The molecule has 264 valence electrons. The van der Waals surface area contributed by atoms with Gasteiger partial charge < -0.3 is 20.5 Å². The maximum atomic E-state index is 14.0. The van der Waals surface area contributed by atoms with E-state index in [-0.39, 0.29) is 50.4 Å². The molecule has 1 aliphatic rings. The van der Waals surface area contributed by atoms with Crippen LogP contribution in [-0.4, -0.2) is 53.0 Å². The highest BCUT2D eigenvalue weighted by Gasteiger charge is 2.46. The summed E-state index contributed by atoms with van der Waals surface area (Å²) in [7, 11) is 0. The molecule has 1 fully saturated rings. The number of benzene rings is 3. The number of alkyl carbamates (subject to hydrolysis) is 1. The number of hydrogen-bond acceptors (Lipinski definition) is 6. The molecule has 1 saturated carbocycles. The lowest BCUT2D eigenvalue weighted by Gasteiger charge is -2.32. The molecule has 49 heavy (non-hydrogen) atoms. The molecule has 11 heteroatoms. The third kappa shape index (κ3) is 11.1. The number of Topliss-reactive ketones (excluding diaryl/α,β-unsaturated/α-hetero) is 2. The summed E-state index contributed by atoms with van der Waals surface area (Å²) in [6.07, 6.45) is -7.30. The molecule has 1 aliphatic carbocycles. The summed E-state index contributed by atoms with van der Waals surface area (Å²) >= 11 is 0. The van der Waals surface area contributed by atoms with Gasteiger partial charge in [-0.25, -0.2) is 4.79 Å². The molecule has 0 saturated heterocycles. The second-order valence-electron chi connectivity index (χ2n) is 13.3. The molecule has 3 N–H and O–H groups in total. The predicted octanol–water partition coefficient (Wildman–Crippen LogP) is 6.86. The van der Waals surface area contributed by atoms with Gasteiger partial charge in [-0.05, 0) is 53.5 Å². The van der Waals surface area contributed by atoms with E-state index in [1.807, 2.05) is 62.4 Å². The fourth-order valence-corrected chi connectivity index (χ4v) is 6.49. The van der Waals surface area contributed by atoms with Crippen LogP contribution in [0.1, 0.15) is 69.9 Å². The van der Waals surface area contributed by atoms with Gasteiger partial charge >= 0.3 is 12.3 Å². The first-order valence-electron chi connectivity index (χ1n) is 16.9. The summed E-state index contributed by atoms with van der Waals surface area (Å²) in [5.74, 6) is -3.40. The Morgan fingerprint density at radius 2 is 1.63 bits per heavy atom. The number of fused-ring (bicyclic) bond motifs is 1. The summed E-state index contributed by atoms with van der Waals surface area (Å²) < 4.78 is 46.6. The van der Waals surface area contributed by atoms with Gasteiger partial charge in [0.2, 0.25) is 5.91 Å². The second kappa shape index (κ2) is 17.4. The minimum atomic E-state index is -5.04. The largest absolute Gasteiger partial charge is 0.445 e. The second-order valence-corrected chi connectivity index (χ2v) is 13.3. The number of hydrogen-bond donors (Lipinski definition) is 3. The summed E-state index contributed by atoms with van der Waals surface area (Å²) in [5, 5.41) is 17.1. The third-order valence-corrected chi connectivity index (χ3v) is 9.04. The van der Waals surface area contributed by atoms with Gasteiger partial charge in [0, 0.05) is 31.1 Å². The van der Waals surface area contributed by atoms with Crippen molar-refractivity contribution in [2.24, 2.45) is 17.8 Å². The highest BCUT2D eigenvalue weighted by Crippen LogP contribution is 2.31. The molecular weight excluding hydrogens is 637 g/mol. The third-order valence-electron chi connectivity index (χ3n) is 9.04. The number of amides is 2. The van der Waals surface area contributed by atoms with Crippen LogP contribution in [0.15, 0.2) is 72.8 Å². The standard InChI is InChI=1S/C38H45F3N2O6/c1-24(2)19-29(36(47)42-32(35(46)38(39,40)41)21-28-14-7-9-18-33(28)44)22-34(45)31(43-37(48)49-23-25-11-4-3-5-12-25)20-27-16-10-15-26-13-6-8-17-30(26)27/h3-6,8,10-13,15-17,24,28-29,31-32,35,46H,7,9,14,18-23H2,1-2H3,(H,42,47)(H,43,48)/t28-,29?,31-,32-,35?/m0/s1. The SMILES string of the molecule is CC(C)CC(CC(=O)[C@H](Cc1cccc2ccccc12)NC(=O)OCc1ccccc1)C(=O)N[C@@H](C[C@@H]1CCCCC1=O)C(O)C(F)(F)F. The highest BCUT2D eigenvalue weighted by atomic mass is 19.4. The van der Waals surface area contributed by atoms with Gasteiger partial charge in [0.1, 0.15) is 12.4 Å². The lowest BCUT2D eigenvalue weighted by Crippen LogP contribution is -2.53. The van der Waals surface area contributed by atoms with E-state index in [1.54, 1.807) is 24.3 Å². The van der Waals surface area contributed by atoms with Crippen LogP contribution in [-0.2, 0) is 32.1 Å². The van der Waals surface area contributed by atoms with Gasteiger partial charge in [0.15, 0.2) is 11.9 Å². The average molecular weight is 683 g/mol. The predicted molar refractivity (Wildman–Crippen MR) is 179 cm³/mol. The molecule has 0 bridgehead atoms. The molecule has 3 aromatic carbocycles. The molecule has 0 heterocycles. The van der Waals surface area contributed by atoms with Crippen molar-refractivity contribution >= 4 is 34.3 Å². The molecule has 0 aliphatic heterocycles. The number of carbonyl (C=O) groups excluding carboxylic acids is 4. The van der Waals surface area contributed by atoms with Crippen molar-refractivity contribution in [1.82, 2.24) is 10.6 Å². The Balaban J connectivity index is 1.56. The van der Waals surface area contributed by atoms with Gasteiger partial charge in [-0.1, -0.05) is 93.1 Å². The van der Waals surface area contributed by atoms with Crippen molar-refractivity contribution in [2.75, 3.05) is 0 Å². The number of nitrogens with one attached hydrogen (secondary N) is 2. The number of aliphatic hydroxyl groups is 1. The van der Waals surface area contributed by atoms with E-state index >= 15 is 0 Å². The monoisotopic (exact) mass is 682 g/mol. The van der Waals surface area contributed by atoms with Crippen LogP contribution in [0, 0.1) is 17.8 Å². The topological polar surface area (TPSA) is 122 Å². The van der Waals surface area contributed by atoms with Crippen LogP contribution in [0.25, 0.3) is 10.8 Å². The van der Waals surface area contributed by atoms with Gasteiger partial charge in [-0.3, -0.25) is 14.4 Å². The van der Waals surface area contributed by atoms with E-state index < -0.39 is 54.0 Å². The average Bonchev–Trinajstić information content (AvgIpc) is 3.07. The molecule has 2 amide bonds. The van der Waals surface area contributed by atoms with Crippen molar-refractivity contribution in [1.29, 1.82) is 0 Å². The fraction of sp³-hybridized carbons (Fsp3) is 0.474. The van der Waals surface area contributed by atoms with E-state index in [1.165, 1.54) is 0 Å². The van der Waals surface area contributed by atoms with E-state index in [0.717, 1.165) is 21.9 Å². The van der Waals surface area contributed by atoms with E-state index in [9.17, 15) is 37.5 Å². The van der Waals surface area contributed by atoms with E-state index in [4.69, 9.17) is 4.74 Å². The van der Waals surface area contributed by atoms with E-state index in [0.29, 0.717) is 19.3 Å². The Morgan fingerprint density at radius 3 is 2.33 bits per heavy atom. The number of ketones is 2. The van der Waals surface area contributed by atoms with Gasteiger partial charge in [0.25, 0.3) is 0 Å². The van der Waals surface area contributed by atoms with Gasteiger partial charge in [-0.2, -0.15) is 13.2 Å². The van der Waals surface area contributed by atoms with Crippen LogP contribution in [0.2, 0.25) is 0 Å². The Bertz CT molecular complexity index is 1570. The van der Waals surface area contributed by atoms with E-state index in [2.05, 4.69) is 10.6 Å². The molecule has 2 unspecified atom stereocenters. The maximum absolute atomic E-state index is 14.0. The zero-order chi connectivity index (χ0) is 35.6. The van der Waals surface area contributed by atoms with Gasteiger partial charge in [-0.15, -0.1) is 0 Å². The van der Waals surface area contributed by atoms with Crippen molar-refractivity contribution in [3.8, 4) is 0 Å². The molecular formula is C38H45F3N2O6. The minimum Gasteiger partial charge on any atom is -0.445 e. The quantitative estimate of drug-likeness (QED) is 0.161. The smallest absolute Gasteiger partial charge is 0.416 e. The minimum absolute atomic E-state index is 0.0351. The van der Waals surface area contributed by atoms with Crippen molar-refractivity contribution in [3.63, 3.8) is 0 Å². The zero-order valence-electron chi connectivity index (χ0n) is 27.9. The number of rotatable bonds is 15. The number of ether oxygens (including phenoxy) is 1. The number of carbonyl (C=O) groups is 4. The van der Waals surface area contributed by atoms with Crippen LogP contribution in [0.5, 0.6) is 0 Å². The van der Waals surface area contributed by atoms with Crippen molar-refractivity contribution in [3.05, 3.63) is 83.9 Å². The zero-order valence-corrected chi connectivity index (χ0v) is 27.9. The number of alkyl halides is 3. The molecule has 0 spiro atoms. The molecule has 0 radical (unpaired) electrons. The fourth-order valence-electron chi connectivity index (χ4n) is 6.49. The lowest BCUT2D eigenvalue weighted by atomic mass is 9.82. The highest BCUT2D eigenvalue weighted by molar-refractivity contribution is 5.93. The van der Waals surface area contributed by atoms with Crippen LogP contribution < -0.4 is 10.6 Å².